The summed E-state index contributed by atoms with van der Waals surface area (Å²) in [5.74, 6) is 0.909. The summed E-state index contributed by atoms with van der Waals surface area (Å²) in [7, 11) is 1.95. The molecule has 0 radical (unpaired) electrons. The second kappa shape index (κ2) is 6.53. The highest BCUT2D eigenvalue weighted by Gasteiger charge is 2.19. The summed E-state index contributed by atoms with van der Waals surface area (Å²) in [6.07, 6.45) is 1.98. The van der Waals surface area contributed by atoms with E-state index < -0.39 is 0 Å². The summed E-state index contributed by atoms with van der Waals surface area (Å²) in [5.41, 5.74) is 3.33. The molecule has 3 nitrogen and oxygen atoms in total. The first-order valence-electron chi connectivity index (χ1n) is 6.98. The van der Waals surface area contributed by atoms with Crippen molar-refractivity contribution in [3.05, 3.63) is 59.4 Å². The van der Waals surface area contributed by atoms with Crippen LogP contribution in [0.15, 0.2) is 42.6 Å². The van der Waals surface area contributed by atoms with Gasteiger partial charge in [0.2, 0.25) is 0 Å². The van der Waals surface area contributed by atoms with Gasteiger partial charge in [-0.05, 0) is 45.5 Å². The molecule has 1 unspecified atom stereocenters. The quantitative estimate of drug-likeness (QED) is 0.903. The van der Waals surface area contributed by atoms with E-state index in [0.29, 0.717) is 0 Å². The van der Waals surface area contributed by atoms with Gasteiger partial charge >= 0.3 is 0 Å². The summed E-state index contributed by atoms with van der Waals surface area (Å²) >= 11 is 0. The highest BCUT2D eigenvalue weighted by atomic mass is 16.5. The van der Waals surface area contributed by atoms with Gasteiger partial charge in [-0.1, -0.05) is 24.3 Å². The number of nitrogens with one attached hydrogen (secondary N) is 1. The van der Waals surface area contributed by atoms with Crippen LogP contribution >= 0.6 is 0 Å². The Balaban J connectivity index is 2.45. The van der Waals surface area contributed by atoms with E-state index in [1.54, 1.807) is 0 Å². The second-order valence-corrected chi connectivity index (χ2v) is 5.13. The van der Waals surface area contributed by atoms with Gasteiger partial charge in [-0.15, -0.1) is 0 Å². The monoisotopic (exact) mass is 270 g/mol. The minimum absolute atomic E-state index is 0.0335. The average Bonchev–Trinajstić information content (AvgIpc) is 2.43. The number of aryl methyl sites for hydroxylation is 1. The predicted molar refractivity (Wildman–Crippen MR) is 82.1 cm³/mol. The van der Waals surface area contributed by atoms with Crippen LogP contribution in [0, 0.1) is 6.92 Å². The SMILES string of the molecule is CNC(c1ccccc1OC(C)C)c1ncccc1C. The van der Waals surface area contributed by atoms with Crippen LogP contribution < -0.4 is 10.1 Å². The minimum Gasteiger partial charge on any atom is -0.491 e. The van der Waals surface area contributed by atoms with Crippen molar-refractivity contribution in [2.45, 2.75) is 32.9 Å². The van der Waals surface area contributed by atoms with E-state index in [9.17, 15) is 0 Å². The third-order valence-electron chi connectivity index (χ3n) is 3.20. The number of benzene rings is 1. The molecule has 0 aliphatic rings. The van der Waals surface area contributed by atoms with Crippen molar-refractivity contribution in [3.63, 3.8) is 0 Å². The topological polar surface area (TPSA) is 34.1 Å². The van der Waals surface area contributed by atoms with E-state index in [1.807, 2.05) is 51.4 Å². The van der Waals surface area contributed by atoms with E-state index in [0.717, 1.165) is 17.0 Å². The molecule has 20 heavy (non-hydrogen) atoms. The number of nitrogens with zero attached hydrogens (tertiary/aromatic N) is 1. The zero-order valence-corrected chi connectivity index (χ0v) is 12.6. The van der Waals surface area contributed by atoms with Gasteiger partial charge in [0.05, 0.1) is 17.8 Å². The van der Waals surface area contributed by atoms with Crippen molar-refractivity contribution < 1.29 is 4.74 Å². The van der Waals surface area contributed by atoms with Crippen molar-refractivity contribution in [2.24, 2.45) is 0 Å². The van der Waals surface area contributed by atoms with Gasteiger partial charge in [-0.3, -0.25) is 4.98 Å². The summed E-state index contributed by atoms with van der Waals surface area (Å²) < 4.78 is 5.92. The van der Waals surface area contributed by atoms with Crippen molar-refractivity contribution in [3.8, 4) is 5.75 Å². The van der Waals surface area contributed by atoms with Gasteiger partial charge < -0.3 is 10.1 Å². The molecule has 2 aromatic rings. The number of hydrogen-bond acceptors (Lipinski definition) is 3. The highest BCUT2D eigenvalue weighted by Crippen LogP contribution is 2.30. The number of aromatic nitrogens is 1. The molecule has 0 bridgehead atoms. The number of hydrogen-bond donors (Lipinski definition) is 1. The van der Waals surface area contributed by atoms with Gasteiger partial charge in [0, 0.05) is 11.8 Å². The molecule has 106 valence electrons. The first kappa shape index (κ1) is 14.5. The van der Waals surface area contributed by atoms with Gasteiger partial charge in [0.1, 0.15) is 5.75 Å². The van der Waals surface area contributed by atoms with E-state index >= 15 is 0 Å². The predicted octanol–water partition coefficient (Wildman–Crippen LogP) is 3.49. The number of pyridine rings is 1. The van der Waals surface area contributed by atoms with Crippen LogP contribution in [0.25, 0.3) is 0 Å². The lowest BCUT2D eigenvalue weighted by Gasteiger charge is -2.22. The third-order valence-corrected chi connectivity index (χ3v) is 3.20. The Bertz CT molecular complexity index is 566. The summed E-state index contributed by atoms with van der Waals surface area (Å²) in [5, 5.41) is 3.35. The molecular formula is C17H22N2O. The fourth-order valence-electron chi connectivity index (χ4n) is 2.32. The molecule has 2 rings (SSSR count). The molecular weight excluding hydrogens is 248 g/mol. The van der Waals surface area contributed by atoms with Crippen LogP contribution in [0.5, 0.6) is 5.75 Å². The fraction of sp³-hybridized carbons (Fsp3) is 0.353. The molecule has 0 fully saturated rings. The van der Waals surface area contributed by atoms with Crippen LogP contribution in [0.1, 0.15) is 36.7 Å². The number of ether oxygens (including phenoxy) is 1. The number of rotatable bonds is 5. The van der Waals surface area contributed by atoms with Crippen LogP contribution in [0.4, 0.5) is 0 Å². The summed E-state index contributed by atoms with van der Waals surface area (Å²) in [6, 6.07) is 12.2. The van der Waals surface area contributed by atoms with Crippen molar-refractivity contribution in [1.29, 1.82) is 0 Å². The van der Waals surface area contributed by atoms with Gasteiger partial charge in [0.25, 0.3) is 0 Å². The molecule has 1 heterocycles. The normalized spacial score (nSPS) is 12.4. The van der Waals surface area contributed by atoms with E-state index in [2.05, 4.69) is 29.4 Å². The zero-order chi connectivity index (χ0) is 14.5. The molecule has 1 atom stereocenters. The third kappa shape index (κ3) is 3.17. The Morgan fingerprint density at radius 2 is 1.85 bits per heavy atom. The Kier molecular flexibility index (Phi) is 4.74. The molecule has 0 amide bonds. The molecule has 0 saturated heterocycles. The van der Waals surface area contributed by atoms with Crippen molar-refractivity contribution >= 4 is 0 Å². The van der Waals surface area contributed by atoms with Crippen LogP contribution in [-0.4, -0.2) is 18.1 Å². The van der Waals surface area contributed by atoms with Gasteiger partial charge in [0.15, 0.2) is 0 Å². The summed E-state index contributed by atoms with van der Waals surface area (Å²) in [4.78, 5) is 4.53. The fourth-order valence-corrected chi connectivity index (χ4v) is 2.32. The molecule has 1 aromatic carbocycles. The average molecular weight is 270 g/mol. The highest BCUT2D eigenvalue weighted by molar-refractivity contribution is 5.41. The maximum atomic E-state index is 5.92. The first-order chi connectivity index (χ1) is 9.63. The maximum Gasteiger partial charge on any atom is 0.124 e. The Morgan fingerprint density at radius 1 is 1.10 bits per heavy atom. The lowest BCUT2D eigenvalue weighted by atomic mass is 9.99. The Labute approximate surface area is 121 Å². The Morgan fingerprint density at radius 3 is 2.50 bits per heavy atom. The van der Waals surface area contributed by atoms with Crippen LogP contribution in [0.2, 0.25) is 0 Å². The molecule has 0 saturated carbocycles. The Hall–Kier alpha value is -1.87. The van der Waals surface area contributed by atoms with E-state index in [4.69, 9.17) is 4.74 Å². The lowest BCUT2D eigenvalue weighted by Crippen LogP contribution is -2.21. The van der Waals surface area contributed by atoms with Gasteiger partial charge in [-0.25, -0.2) is 0 Å². The molecule has 1 N–H and O–H groups in total. The second-order valence-electron chi connectivity index (χ2n) is 5.13. The van der Waals surface area contributed by atoms with E-state index in [1.165, 1.54) is 5.56 Å². The van der Waals surface area contributed by atoms with Crippen LogP contribution in [0.3, 0.4) is 0 Å². The standard InChI is InChI=1S/C17H22N2O/c1-12(2)20-15-10-6-5-9-14(15)17(18-4)16-13(3)8-7-11-19-16/h5-12,17-18H,1-4H3. The largest absolute Gasteiger partial charge is 0.491 e. The molecule has 0 aliphatic heterocycles. The first-order valence-corrected chi connectivity index (χ1v) is 6.98. The summed E-state index contributed by atoms with van der Waals surface area (Å²) in [6.45, 7) is 6.16. The van der Waals surface area contributed by atoms with Gasteiger partial charge in [-0.2, -0.15) is 0 Å². The lowest BCUT2D eigenvalue weighted by molar-refractivity contribution is 0.238. The van der Waals surface area contributed by atoms with Crippen LogP contribution in [-0.2, 0) is 0 Å². The zero-order valence-electron chi connectivity index (χ0n) is 12.6. The molecule has 3 heteroatoms. The minimum atomic E-state index is 0.0335. The van der Waals surface area contributed by atoms with E-state index in [-0.39, 0.29) is 12.1 Å². The van der Waals surface area contributed by atoms with Crippen molar-refractivity contribution in [1.82, 2.24) is 10.3 Å². The smallest absolute Gasteiger partial charge is 0.124 e. The molecule has 0 spiro atoms. The van der Waals surface area contributed by atoms with Crippen molar-refractivity contribution in [2.75, 3.05) is 7.05 Å². The molecule has 1 aromatic heterocycles. The molecule has 0 aliphatic carbocycles. The number of para-hydroxylation sites is 1. The maximum absolute atomic E-state index is 5.92.